The maximum atomic E-state index is 11.0. The summed E-state index contributed by atoms with van der Waals surface area (Å²) in [6.07, 6.45) is 3.59. The summed E-state index contributed by atoms with van der Waals surface area (Å²) in [5, 5.41) is 8.86. The van der Waals surface area contributed by atoms with Crippen LogP contribution in [0, 0.1) is 0 Å². The molecule has 1 rings (SSSR count). The number of carbonyl (C=O) groups is 1. The normalized spacial score (nSPS) is 12.4. The lowest BCUT2D eigenvalue weighted by Gasteiger charge is -1.90. The number of nitrogens with zero attached hydrogens (tertiary/aromatic N) is 3. The first-order chi connectivity index (χ1) is 6.69. The van der Waals surface area contributed by atoms with Crippen LogP contribution in [-0.4, -0.2) is 29.2 Å². The lowest BCUT2D eigenvalue weighted by atomic mass is 10.3. The Morgan fingerprint density at radius 3 is 2.50 bits per heavy atom. The zero-order valence-corrected chi connectivity index (χ0v) is 9.13. The molecule has 0 aliphatic carbocycles. The van der Waals surface area contributed by atoms with Crippen molar-refractivity contribution in [2.45, 2.75) is 13.8 Å². The third kappa shape index (κ3) is 2.32. The molecule has 0 aromatic carbocycles. The van der Waals surface area contributed by atoms with E-state index < -0.39 is 0 Å². The van der Waals surface area contributed by atoms with Crippen LogP contribution < -0.4 is 0 Å². The van der Waals surface area contributed by atoms with Crippen LogP contribution in [0.2, 0.25) is 0 Å². The van der Waals surface area contributed by atoms with Gasteiger partial charge < -0.3 is 0 Å². The number of carbonyl (C=O) groups excluding carboxylic acids is 1. The molecule has 14 heavy (non-hydrogen) atoms. The van der Waals surface area contributed by atoms with Crippen molar-refractivity contribution in [3.63, 3.8) is 0 Å². The second kappa shape index (κ2) is 4.76. The largest absolute Gasteiger partial charge is 0.296 e. The molecule has 4 nitrogen and oxygen atoms in total. The minimum absolute atomic E-state index is 0.0577. The zero-order chi connectivity index (χ0) is 10.6. The molecule has 0 N–H and O–H groups in total. The fourth-order valence-electron chi connectivity index (χ4n) is 0.874. The molecular weight excluding hydrogens is 198 g/mol. The predicted octanol–water partition coefficient (Wildman–Crippen LogP) is 1.84. The van der Waals surface area contributed by atoms with E-state index in [2.05, 4.69) is 15.2 Å². The average molecular weight is 209 g/mol. The molecule has 0 unspecified atom stereocenters. The third-order valence-corrected chi connectivity index (χ3v) is 2.63. The standard InChI is InChI=1S/C9H11N3OS/c1-4-7(5-10-3)9-12-11-8(14-9)6(2)13/h4-5H,1-3H3. The van der Waals surface area contributed by atoms with Gasteiger partial charge in [0, 0.05) is 25.8 Å². The Balaban J connectivity index is 3.01. The molecule has 0 saturated carbocycles. The van der Waals surface area contributed by atoms with E-state index in [-0.39, 0.29) is 5.78 Å². The van der Waals surface area contributed by atoms with E-state index >= 15 is 0 Å². The molecule has 0 aliphatic heterocycles. The topological polar surface area (TPSA) is 55.2 Å². The van der Waals surface area contributed by atoms with E-state index in [1.807, 2.05) is 13.0 Å². The van der Waals surface area contributed by atoms with E-state index in [4.69, 9.17) is 0 Å². The zero-order valence-electron chi connectivity index (χ0n) is 8.31. The Bertz CT molecular complexity index is 393. The molecular formula is C9H11N3OS. The van der Waals surface area contributed by atoms with Crippen molar-refractivity contribution in [3.8, 4) is 0 Å². The van der Waals surface area contributed by atoms with Gasteiger partial charge in [0.15, 0.2) is 10.8 Å². The molecule has 0 amide bonds. The van der Waals surface area contributed by atoms with Gasteiger partial charge in [-0.15, -0.1) is 10.2 Å². The number of hydrogen-bond acceptors (Lipinski definition) is 5. The van der Waals surface area contributed by atoms with Crippen molar-refractivity contribution in [3.05, 3.63) is 16.1 Å². The van der Waals surface area contributed by atoms with E-state index in [9.17, 15) is 4.79 Å². The predicted molar refractivity (Wildman–Crippen MR) is 58.0 cm³/mol. The SMILES string of the molecule is CC=C(C=NC)c1nnc(C(C)=O)s1. The maximum Gasteiger partial charge on any atom is 0.190 e. The first-order valence-electron chi connectivity index (χ1n) is 4.12. The first kappa shape index (κ1) is 10.7. The fraction of sp³-hybridized carbons (Fsp3) is 0.333. The van der Waals surface area contributed by atoms with Crippen LogP contribution in [0.15, 0.2) is 11.1 Å². The van der Waals surface area contributed by atoms with Gasteiger partial charge in [0.2, 0.25) is 0 Å². The molecule has 0 saturated heterocycles. The molecule has 0 radical (unpaired) electrons. The van der Waals surface area contributed by atoms with Crippen molar-refractivity contribution in [1.29, 1.82) is 0 Å². The summed E-state index contributed by atoms with van der Waals surface area (Å²) in [6, 6.07) is 0. The van der Waals surface area contributed by atoms with Gasteiger partial charge in [0.05, 0.1) is 0 Å². The number of rotatable bonds is 3. The first-order valence-corrected chi connectivity index (χ1v) is 4.94. The Morgan fingerprint density at radius 1 is 1.43 bits per heavy atom. The van der Waals surface area contributed by atoms with Crippen LogP contribution in [-0.2, 0) is 0 Å². The van der Waals surface area contributed by atoms with Gasteiger partial charge in [0.25, 0.3) is 0 Å². The summed E-state index contributed by atoms with van der Waals surface area (Å²) in [6.45, 7) is 3.37. The van der Waals surface area contributed by atoms with Crippen LogP contribution in [0.5, 0.6) is 0 Å². The summed E-state index contributed by atoms with van der Waals surface area (Å²) in [5.74, 6) is -0.0577. The number of ketones is 1. The number of hydrogen-bond donors (Lipinski definition) is 0. The van der Waals surface area contributed by atoms with Crippen molar-refractivity contribution in [2.75, 3.05) is 7.05 Å². The van der Waals surface area contributed by atoms with Crippen molar-refractivity contribution < 1.29 is 4.79 Å². The van der Waals surface area contributed by atoms with Crippen LogP contribution in [0.25, 0.3) is 5.57 Å². The molecule has 0 bridgehead atoms. The second-order valence-corrected chi connectivity index (χ2v) is 3.58. The van der Waals surface area contributed by atoms with Crippen molar-refractivity contribution in [2.24, 2.45) is 4.99 Å². The lowest BCUT2D eigenvalue weighted by Crippen LogP contribution is -1.88. The Morgan fingerprint density at radius 2 is 2.07 bits per heavy atom. The maximum absolute atomic E-state index is 11.0. The molecule has 1 heterocycles. The van der Waals surface area contributed by atoms with Gasteiger partial charge in [-0.25, -0.2) is 0 Å². The smallest absolute Gasteiger partial charge is 0.190 e. The number of aliphatic imine (C=N–C) groups is 1. The van der Waals surface area contributed by atoms with Crippen LogP contribution >= 0.6 is 11.3 Å². The molecule has 0 fully saturated rings. The Hall–Kier alpha value is -1.36. The monoisotopic (exact) mass is 209 g/mol. The average Bonchev–Trinajstić information content (AvgIpc) is 2.63. The van der Waals surface area contributed by atoms with Gasteiger partial charge in [-0.3, -0.25) is 9.79 Å². The Labute approximate surface area is 86.4 Å². The Kier molecular flexibility index (Phi) is 3.64. The van der Waals surface area contributed by atoms with E-state index in [0.29, 0.717) is 5.01 Å². The highest BCUT2D eigenvalue weighted by molar-refractivity contribution is 7.14. The fourth-order valence-corrected chi connectivity index (χ4v) is 1.65. The van der Waals surface area contributed by atoms with Gasteiger partial charge in [-0.2, -0.15) is 0 Å². The molecule has 0 aliphatic rings. The van der Waals surface area contributed by atoms with Crippen LogP contribution in [0.1, 0.15) is 28.7 Å². The van der Waals surface area contributed by atoms with Gasteiger partial charge in [0.1, 0.15) is 5.01 Å². The number of aromatic nitrogens is 2. The highest BCUT2D eigenvalue weighted by Gasteiger charge is 2.09. The van der Waals surface area contributed by atoms with E-state index in [0.717, 1.165) is 10.6 Å². The summed E-state index contributed by atoms with van der Waals surface area (Å²) < 4.78 is 0. The van der Waals surface area contributed by atoms with E-state index in [1.165, 1.54) is 18.3 Å². The van der Waals surface area contributed by atoms with Gasteiger partial charge >= 0.3 is 0 Å². The number of allylic oxidation sites excluding steroid dienone is 2. The van der Waals surface area contributed by atoms with E-state index in [1.54, 1.807) is 13.3 Å². The second-order valence-electron chi connectivity index (χ2n) is 2.60. The molecule has 1 aromatic heterocycles. The molecule has 0 spiro atoms. The summed E-state index contributed by atoms with van der Waals surface area (Å²) in [4.78, 5) is 14.9. The summed E-state index contributed by atoms with van der Waals surface area (Å²) in [7, 11) is 1.69. The molecule has 5 heteroatoms. The van der Waals surface area contributed by atoms with Gasteiger partial charge in [-0.05, 0) is 6.92 Å². The minimum atomic E-state index is -0.0577. The van der Waals surface area contributed by atoms with Crippen molar-refractivity contribution in [1.82, 2.24) is 10.2 Å². The molecule has 0 atom stereocenters. The van der Waals surface area contributed by atoms with Crippen molar-refractivity contribution >= 4 is 28.9 Å². The lowest BCUT2D eigenvalue weighted by molar-refractivity contribution is 0.101. The van der Waals surface area contributed by atoms with Gasteiger partial charge in [-0.1, -0.05) is 17.4 Å². The third-order valence-electron chi connectivity index (χ3n) is 1.55. The van der Waals surface area contributed by atoms with Crippen LogP contribution in [0.4, 0.5) is 0 Å². The highest BCUT2D eigenvalue weighted by atomic mass is 32.1. The van der Waals surface area contributed by atoms with Crippen LogP contribution in [0.3, 0.4) is 0 Å². The summed E-state index contributed by atoms with van der Waals surface area (Å²) >= 11 is 1.28. The minimum Gasteiger partial charge on any atom is -0.296 e. The number of Topliss-reactive ketones (excluding diaryl/α,β-unsaturated/α-hetero) is 1. The summed E-state index contributed by atoms with van der Waals surface area (Å²) in [5.41, 5.74) is 0.887. The quantitative estimate of drug-likeness (QED) is 0.564. The molecule has 1 aromatic rings. The molecule has 74 valence electrons. The highest BCUT2D eigenvalue weighted by Crippen LogP contribution is 2.17.